The molecule has 1 aromatic heterocycles. The molecule has 36 heavy (non-hydrogen) atoms. The van der Waals surface area contributed by atoms with Gasteiger partial charge in [0.15, 0.2) is 0 Å². The molecule has 10 heteroatoms. The Hall–Kier alpha value is -3.86. The number of esters is 1. The van der Waals surface area contributed by atoms with Crippen LogP contribution in [-0.4, -0.2) is 55.9 Å². The SMILES string of the molecule is CC(=O)Nc1cc(/C=C/c2ccc(OC(=O)c3ccc(S(=O)(=O)N4CCOCC4)cc3)cc2)ccn1. The number of aromatic nitrogens is 1. The number of rotatable bonds is 7. The van der Waals surface area contributed by atoms with Crippen LogP contribution < -0.4 is 10.1 Å². The van der Waals surface area contributed by atoms with Gasteiger partial charge in [-0.05, 0) is 59.7 Å². The van der Waals surface area contributed by atoms with Crippen molar-refractivity contribution in [1.82, 2.24) is 9.29 Å². The monoisotopic (exact) mass is 507 g/mol. The number of benzene rings is 2. The van der Waals surface area contributed by atoms with Crippen molar-refractivity contribution in [3.8, 4) is 5.75 Å². The lowest BCUT2D eigenvalue weighted by Crippen LogP contribution is -2.40. The van der Waals surface area contributed by atoms with Crippen molar-refractivity contribution >= 4 is 39.9 Å². The van der Waals surface area contributed by atoms with Gasteiger partial charge in [0.25, 0.3) is 0 Å². The number of amides is 1. The highest BCUT2D eigenvalue weighted by molar-refractivity contribution is 7.89. The van der Waals surface area contributed by atoms with Gasteiger partial charge in [0.1, 0.15) is 11.6 Å². The second-order valence-electron chi connectivity index (χ2n) is 7.99. The third kappa shape index (κ3) is 6.42. The molecule has 0 spiro atoms. The van der Waals surface area contributed by atoms with E-state index in [2.05, 4.69) is 10.3 Å². The van der Waals surface area contributed by atoms with Gasteiger partial charge in [0.2, 0.25) is 15.9 Å². The van der Waals surface area contributed by atoms with E-state index in [4.69, 9.17) is 9.47 Å². The Labute approximate surface area is 209 Å². The van der Waals surface area contributed by atoms with Crippen LogP contribution in [0.15, 0.2) is 71.8 Å². The predicted molar refractivity (Wildman–Crippen MR) is 135 cm³/mol. The number of nitrogens with zero attached hydrogens (tertiary/aromatic N) is 2. The molecule has 3 aromatic rings. The average molecular weight is 508 g/mol. The lowest BCUT2D eigenvalue weighted by Gasteiger charge is -2.26. The summed E-state index contributed by atoms with van der Waals surface area (Å²) in [6.45, 7) is 2.75. The molecule has 1 N–H and O–H groups in total. The first-order chi connectivity index (χ1) is 17.3. The number of hydrogen-bond acceptors (Lipinski definition) is 7. The molecule has 0 aliphatic carbocycles. The third-order valence-electron chi connectivity index (χ3n) is 5.34. The number of carbonyl (C=O) groups excluding carboxylic acids is 2. The van der Waals surface area contributed by atoms with Crippen LogP contribution in [0.5, 0.6) is 5.75 Å². The second-order valence-corrected chi connectivity index (χ2v) is 9.93. The van der Waals surface area contributed by atoms with Crippen molar-refractivity contribution in [3.05, 3.63) is 83.6 Å². The third-order valence-corrected chi connectivity index (χ3v) is 7.26. The standard InChI is InChI=1S/C26H25N3O6S/c1-19(30)28-25-18-21(12-13-27-25)3-2-20-4-8-23(9-5-20)35-26(31)22-6-10-24(11-7-22)36(32,33)29-14-16-34-17-15-29/h2-13,18H,14-17H2,1H3,(H,27,28,30)/b3-2+. The van der Waals surface area contributed by atoms with Gasteiger partial charge in [0, 0.05) is 26.2 Å². The summed E-state index contributed by atoms with van der Waals surface area (Å²) in [5.74, 6) is 0.0521. The first-order valence-corrected chi connectivity index (χ1v) is 12.7. The number of carbonyl (C=O) groups is 2. The Morgan fingerprint density at radius 1 is 0.972 bits per heavy atom. The van der Waals surface area contributed by atoms with Gasteiger partial charge in [0.05, 0.1) is 23.7 Å². The summed E-state index contributed by atoms with van der Waals surface area (Å²) in [7, 11) is -3.63. The van der Waals surface area contributed by atoms with Crippen LogP contribution in [0.1, 0.15) is 28.4 Å². The van der Waals surface area contributed by atoms with Crippen LogP contribution in [-0.2, 0) is 19.6 Å². The van der Waals surface area contributed by atoms with Gasteiger partial charge in [-0.3, -0.25) is 4.79 Å². The van der Waals surface area contributed by atoms with E-state index >= 15 is 0 Å². The Kier molecular flexibility index (Phi) is 7.89. The van der Waals surface area contributed by atoms with Crippen LogP contribution in [0.3, 0.4) is 0 Å². The number of anilines is 1. The molecule has 0 unspecified atom stereocenters. The number of hydrogen-bond donors (Lipinski definition) is 1. The summed E-state index contributed by atoms with van der Waals surface area (Å²) >= 11 is 0. The lowest BCUT2D eigenvalue weighted by molar-refractivity contribution is -0.114. The summed E-state index contributed by atoms with van der Waals surface area (Å²) in [6, 6.07) is 16.2. The van der Waals surface area contributed by atoms with Crippen molar-refractivity contribution in [3.63, 3.8) is 0 Å². The molecule has 2 aromatic carbocycles. The molecule has 4 rings (SSSR count). The minimum Gasteiger partial charge on any atom is -0.423 e. The summed E-state index contributed by atoms with van der Waals surface area (Å²) in [4.78, 5) is 27.9. The molecule has 0 atom stereocenters. The topological polar surface area (TPSA) is 115 Å². The normalized spacial score (nSPS) is 14.5. The van der Waals surface area contributed by atoms with Crippen LogP contribution in [0.25, 0.3) is 12.2 Å². The Morgan fingerprint density at radius 2 is 1.64 bits per heavy atom. The Morgan fingerprint density at radius 3 is 2.31 bits per heavy atom. The Balaban J connectivity index is 1.37. The van der Waals surface area contributed by atoms with Crippen molar-refractivity contribution < 1.29 is 27.5 Å². The molecule has 1 aliphatic rings. The van der Waals surface area contributed by atoms with E-state index < -0.39 is 16.0 Å². The summed E-state index contributed by atoms with van der Waals surface area (Å²) in [5.41, 5.74) is 1.99. The molecule has 0 radical (unpaired) electrons. The second kappa shape index (κ2) is 11.3. The van der Waals surface area contributed by atoms with Gasteiger partial charge in [-0.15, -0.1) is 0 Å². The maximum absolute atomic E-state index is 12.7. The first kappa shape index (κ1) is 25.2. The number of morpholine rings is 1. The first-order valence-electron chi connectivity index (χ1n) is 11.2. The van der Waals surface area contributed by atoms with E-state index in [1.165, 1.54) is 35.5 Å². The van der Waals surface area contributed by atoms with Gasteiger partial charge >= 0.3 is 5.97 Å². The molecule has 9 nitrogen and oxygen atoms in total. The van der Waals surface area contributed by atoms with E-state index in [0.29, 0.717) is 37.9 Å². The largest absolute Gasteiger partial charge is 0.423 e. The number of pyridine rings is 1. The van der Waals surface area contributed by atoms with Crippen LogP contribution in [0.2, 0.25) is 0 Å². The van der Waals surface area contributed by atoms with Crippen molar-refractivity contribution in [2.24, 2.45) is 0 Å². The molecule has 1 amide bonds. The molecule has 1 aliphatic heterocycles. The van der Waals surface area contributed by atoms with E-state index in [0.717, 1.165) is 11.1 Å². The van der Waals surface area contributed by atoms with Crippen LogP contribution in [0.4, 0.5) is 5.82 Å². The van der Waals surface area contributed by atoms with E-state index in [1.54, 1.807) is 36.5 Å². The lowest BCUT2D eigenvalue weighted by atomic mass is 10.1. The predicted octanol–water partition coefficient (Wildman–Crippen LogP) is 3.45. The van der Waals surface area contributed by atoms with Crippen LogP contribution >= 0.6 is 0 Å². The van der Waals surface area contributed by atoms with E-state index in [9.17, 15) is 18.0 Å². The minimum atomic E-state index is -3.63. The van der Waals surface area contributed by atoms with E-state index in [1.807, 2.05) is 18.2 Å². The summed E-state index contributed by atoms with van der Waals surface area (Å²) in [5, 5.41) is 2.64. The van der Waals surface area contributed by atoms with Gasteiger partial charge in [-0.25, -0.2) is 18.2 Å². The fourth-order valence-electron chi connectivity index (χ4n) is 3.50. The molecule has 2 heterocycles. The summed E-state index contributed by atoms with van der Waals surface area (Å²) < 4.78 is 37.5. The van der Waals surface area contributed by atoms with Crippen molar-refractivity contribution in [2.75, 3.05) is 31.6 Å². The molecule has 0 saturated carbocycles. The molecule has 0 bridgehead atoms. The van der Waals surface area contributed by atoms with Crippen molar-refractivity contribution in [2.45, 2.75) is 11.8 Å². The zero-order valence-corrected chi connectivity index (χ0v) is 20.4. The Bertz CT molecular complexity index is 1360. The van der Waals surface area contributed by atoms with Gasteiger partial charge < -0.3 is 14.8 Å². The average Bonchev–Trinajstić information content (AvgIpc) is 2.89. The summed E-state index contributed by atoms with van der Waals surface area (Å²) in [6.07, 6.45) is 5.37. The zero-order valence-electron chi connectivity index (χ0n) is 19.6. The molecule has 1 fully saturated rings. The number of nitrogens with one attached hydrogen (secondary N) is 1. The fraction of sp³-hybridized carbons (Fsp3) is 0.192. The molecule has 1 saturated heterocycles. The zero-order chi connectivity index (χ0) is 25.5. The quantitative estimate of drug-likeness (QED) is 0.385. The van der Waals surface area contributed by atoms with Gasteiger partial charge in [-0.2, -0.15) is 4.31 Å². The number of sulfonamides is 1. The molecular formula is C26H25N3O6S. The van der Waals surface area contributed by atoms with Gasteiger partial charge in [-0.1, -0.05) is 24.3 Å². The highest BCUT2D eigenvalue weighted by Gasteiger charge is 2.26. The maximum atomic E-state index is 12.7. The molecular weight excluding hydrogens is 482 g/mol. The minimum absolute atomic E-state index is 0.121. The van der Waals surface area contributed by atoms with E-state index in [-0.39, 0.29) is 16.4 Å². The molecule has 186 valence electrons. The fourth-order valence-corrected chi connectivity index (χ4v) is 4.91. The highest BCUT2D eigenvalue weighted by atomic mass is 32.2. The highest BCUT2D eigenvalue weighted by Crippen LogP contribution is 2.20. The van der Waals surface area contributed by atoms with Crippen molar-refractivity contribution in [1.29, 1.82) is 0 Å². The number of ether oxygens (including phenoxy) is 2. The smallest absolute Gasteiger partial charge is 0.343 e. The van der Waals surface area contributed by atoms with Crippen LogP contribution in [0, 0.1) is 0 Å². The maximum Gasteiger partial charge on any atom is 0.343 e.